The van der Waals surface area contributed by atoms with Crippen molar-refractivity contribution in [2.75, 3.05) is 0 Å². The van der Waals surface area contributed by atoms with Crippen LogP contribution in [0, 0.1) is 0 Å². The second-order valence-electron chi connectivity index (χ2n) is 2.62. The largest absolute Gasteiger partial charge is 0.387 e. The van der Waals surface area contributed by atoms with E-state index in [2.05, 4.69) is 0 Å². The minimum atomic E-state index is -1.02. The van der Waals surface area contributed by atoms with Gasteiger partial charge in [-0.3, -0.25) is 0 Å². The normalized spacial score (nSPS) is 16.6. The zero-order valence-corrected chi connectivity index (χ0v) is 6.13. The van der Waals surface area contributed by atoms with Crippen LogP contribution in [0.25, 0.3) is 0 Å². The monoisotopic (exact) mass is 130 g/mol. The highest BCUT2D eigenvalue weighted by molar-refractivity contribution is 4.94. The van der Waals surface area contributed by atoms with Crippen molar-refractivity contribution in [3.8, 4) is 0 Å². The molecule has 1 atom stereocenters. The molecule has 0 aromatic rings. The van der Waals surface area contributed by atoms with Gasteiger partial charge in [0.05, 0.1) is 5.60 Å². The first-order valence-electron chi connectivity index (χ1n) is 3.01. The molecule has 0 spiro atoms. The summed E-state index contributed by atoms with van der Waals surface area (Å²) in [5.41, 5.74) is -1.02. The molecule has 2 heteroatoms. The number of aliphatic hydroxyl groups excluding tert-OH is 1. The maximum Gasteiger partial charge on any atom is 0.100 e. The standard InChI is InChI=1S/C7H14O2/c1-4-5-6(8)7(2,3)9/h4-6,8-9H,1-3H3/b5-4+. The molecular weight excluding hydrogens is 116 g/mol. The summed E-state index contributed by atoms with van der Waals surface area (Å²) in [5, 5.41) is 18.2. The Morgan fingerprint density at radius 3 is 2.00 bits per heavy atom. The molecule has 1 unspecified atom stereocenters. The molecule has 2 nitrogen and oxygen atoms in total. The van der Waals surface area contributed by atoms with Gasteiger partial charge in [-0.2, -0.15) is 0 Å². The lowest BCUT2D eigenvalue weighted by Crippen LogP contribution is -2.33. The van der Waals surface area contributed by atoms with Crippen LogP contribution in [0.1, 0.15) is 20.8 Å². The van der Waals surface area contributed by atoms with Crippen molar-refractivity contribution in [2.45, 2.75) is 32.5 Å². The summed E-state index contributed by atoms with van der Waals surface area (Å²) in [7, 11) is 0. The van der Waals surface area contributed by atoms with Gasteiger partial charge in [0.2, 0.25) is 0 Å². The molecule has 2 N–H and O–H groups in total. The maximum absolute atomic E-state index is 9.12. The predicted octanol–water partition coefficient (Wildman–Crippen LogP) is 0.694. The highest BCUT2D eigenvalue weighted by Crippen LogP contribution is 2.08. The van der Waals surface area contributed by atoms with Gasteiger partial charge >= 0.3 is 0 Å². The van der Waals surface area contributed by atoms with Gasteiger partial charge in [-0.1, -0.05) is 12.2 Å². The van der Waals surface area contributed by atoms with Crippen LogP contribution in [0.2, 0.25) is 0 Å². The van der Waals surface area contributed by atoms with Gasteiger partial charge < -0.3 is 10.2 Å². The topological polar surface area (TPSA) is 40.5 Å². The highest BCUT2D eigenvalue weighted by atomic mass is 16.3. The minimum Gasteiger partial charge on any atom is -0.387 e. The van der Waals surface area contributed by atoms with Crippen LogP contribution in [0.5, 0.6) is 0 Å². The summed E-state index contributed by atoms with van der Waals surface area (Å²) >= 11 is 0. The molecule has 0 fully saturated rings. The summed E-state index contributed by atoms with van der Waals surface area (Å²) in [6.45, 7) is 4.93. The van der Waals surface area contributed by atoms with E-state index in [0.29, 0.717) is 0 Å². The number of rotatable bonds is 2. The molecule has 0 saturated heterocycles. The maximum atomic E-state index is 9.12. The van der Waals surface area contributed by atoms with Gasteiger partial charge in [-0.25, -0.2) is 0 Å². The Morgan fingerprint density at radius 2 is 1.89 bits per heavy atom. The van der Waals surface area contributed by atoms with Crippen LogP contribution in [0.3, 0.4) is 0 Å². The van der Waals surface area contributed by atoms with Gasteiger partial charge in [0.1, 0.15) is 6.10 Å². The predicted molar refractivity (Wildman–Crippen MR) is 37.1 cm³/mol. The molecule has 0 aliphatic carbocycles. The van der Waals surface area contributed by atoms with Crippen LogP contribution in [-0.4, -0.2) is 21.9 Å². The van der Waals surface area contributed by atoms with E-state index in [1.165, 1.54) is 0 Å². The van der Waals surface area contributed by atoms with Crippen LogP contribution in [-0.2, 0) is 0 Å². The van der Waals surface area contributed by atoms with E-state index in [9.17, 15) is 0 Å². The van der Waals surface area contributed by atoms with Gasteiger partial charge in [-0.05, 0) is 20.8 Å². The quantitative estimate of drug-likeness (QED) is 0.540. The van der Waals surface area contributed by atoms with E-state index in [1.807, 2.05) is 0 Å². The van der Waals surface area contributed by atoms with Crippen molar-refractivity contribution in [3.05, 3.63) is 12.2 Å². The Balaban J connectivity index is 3.88. The number of allylic oxidation sites excluding steroid dienone is 1. The van der Waals surface area contributed by atoms with E-state index in [4.69, 9.17) is 10.2 Å². The average molecular weight is 130 g/mol. The van der Waals surface area contributed by atoms with E-state index in [-0.39, 0.29) is 0 Å². The summed E-state index contributed by atoms with van der Waals surface area (Å²) in [4.78, 5) is 0. The Morgan fingerprint density at radius 1 is 1.44 bits per heavy atom. The lowest BCUT2D eigenvalue weighted by atomic mass is 10.0. The second-order valence-corrected chi connectivity index (χ2v) is 2.62. The third-order valence-corrected chi connectivity index (χ3v) is 1.10. The van der Waals surface area contributed by atoms with Crippen LogP contribution in [0.15, 0.2) is 12.2 Å². The summed E-state index contributed by atoms with van der Waals surface area (Å²) in [6, 6.07) is 0. The Kier molecular flexibility index (Phi) is 2.88. The molecule has 0 aromatic carbocycles. The van der Waals surface area contributed by atoms with Crippen molar-refractivity contribution in [2.24, 2.45) is 0 Å². The molecular formula is C7H14O2. The van der Waals surface area contributed by atoms with Crippen LogP contribution < -0.4 is 0 Å². The number of aliphatic hydroxyl groups is 2. The van der Waals surface area contributed by atoms with Gasteiger partial charge in [0.25, 0.3) is 0 Å². The molecule has 0 aliphatic rings. The first-order chi connectivity index (χ1) is 3.98. The summed E-state index contributed by atoms with van der Waals surface area (Å²) in [6.07, 6.45) is 2.50. The third kappa shape index (κ3) is 3.27. The van der Waals surface area contributed by atoms with Crippen LogP contribution >= 0.6 is 0 Å². The van der Waals surface area contributed by atoms with E-state index >= 15 is 0 Å². The van der Waals surface area contributed by atoms with Gasteiger partial charge in [0.15, 0.2) is 0 Å². The zero-order valence-electron chi connectivity index (χ0n) is 6.13. The van der Waals surface area contributed by atoms with Gasteiger partial charge in [0, 0.05) is 0 Å². The Bertz CT molecular complexity index is 100.0. The smallest absolute Gasteiger partial charge is 0.100 e. The Hall–Kier alpha value is -0.340. The second kappa shape index (κ2) is 2.99. The van der Waals surface area contributed by atoms with E-state index < -0.39 is 11.7 Å². The molecule has 0 heterocycles. The molecule has 0 rings (SSSR count). The third-order valence-electron chi connectivity index (χ3n) is 1.10. The first-order valence-corrected chi connectivity index (χ1v) is 3.01. The number of hydrogen-bond donors (Lipinski definition) is 2. The van der Waals surface area contributed by atoms with E-state index in [0.717, 1.165) is 0 Å². The molecule has 0 amide bonds. The van der Waals surface area contributed by atoms with Crippen molar-refractivity contribution in [1.29, 1.82) is 0 Å². The van der Waals surface area contributed by atoms with Crippen LogP contribution in [0.4, 0.5) is 0 Å². The fraction of sp³-hybridized carbons (Fsp3) is 0.714. The Labute approximate surface area is 55.8 Å². The fourth-order valence-corrected chi connectivity index (χ4v) is 0.418. The van der Waals surface area contributed by atoms with Crippen molar-refractivity contribution < 1.29 is 10.2 Å². The minimum absolute atomic E-state index is 0.762. The molecule has 0 saturated carbocycles. The number of hydrogen-bond acceptors (Lipinski definition) is 2. The molecule has 0 aliphatic heterocycles. The first kappa shape index (κ1) is 8.66. The van der Waals surface area contributed by atoms with Crippen molar-refractivity contribution in [1.82, 2.24) is 0 Å². The van der Waals surface area contributed by atoms with Crippen molar-refractivity contribution >= 4 is 0 Å². The molecule has 0 bridgehead atoms. The summed E-state index contributed by atoms with van der Waals surface area (Å²) < 4.78 is 0. The molecule has 9 heavy (non-hydrogen) atoms. The fourth-order valence-electron chi connectivity index (χ4n) is 0.418. The van der Waals surface area contributed by atoms with Gasteiger partial charge in [-0.15, -0.1) is 0 Å². The lowest BCUT2D eigenvalue weighted by Gasteiger charge is -2.20. The molecule has 54 valence electrons. The van der Waals surface area contributed by atoms with Crippen molar-refractivity contribution in [3.63, 3.8) is 0 Å². The molecule has 0 aromatic heterocycles. The zero-order chi connectivity index (χ0) is 7.49. The molecule has 0 radical (unpaired) electrons. The average Bonchev–Trinajstić information content (AvgIpc) is 1.64. The lowest BCUT2D eigenvalue weighted by molar-refractivity contribution is -0.0226. The highest BCUT2D eigenvalue weighted by Gasteiger charge is 2.20. The van der Waals surface area contributed by atoms with E-state index in [1.54, 1.807) is 32.9 Å². The SMILES string of the molecule is C/C=C/C(O)C(C)(C)O. The summed E-state index contributed by atoms with van der Waals surface area (Å²) in [5.74, 6) is 0.